The summed E-state index contributed by atoms with van der Waals surface area (Å²) < 4.78 is 19.9. The Bertz CT molecular complexity index is 1160. The SMILES string of the molecule is COc1nc(C(NC(=O)[C@@H]2C[C@@H](F)CN2C(=O)Cc2cn[nH]n2)c2ccccc2)ccc1C(C)C. The smallest absolute Gasteiger partial charge is 0.243 e. The second kappa shape index (κ2) is 10.6. The van der Waals surface area contributed by atoms with Gasteiger partial charge in [0.05, 0.1) is 43.7 Å². The number of ether oxygens (including phenoxy) is 1. The number of nitrogens with zero attached hydrogens (tertiary/aromatic N) is 4. The fraction of sp³-hybridized carbons (Fsp3) is 0.400. The average molecular weight is 481 g/mol. The second-order valence-corrected chi connectivity index (χ2v) is 8.87. The number of carbonyl (C=O) groups excluding carboxylic acids is 2. The molecule has 1 fully saturated rings. The summed E-state index contributed by atoms with van der Waals surface area (Å²) in [5.41, 5.74) is 2.78. The summed E-state index contributed by atoms with van der Waals surface area (Å²) in [6, 6.07) is 11.6. The van der Waals surface area contributed by atoms with Crippen molar-refractivity contribution in [3.05, 3.63) is 71.2 Å². The van der Waals surface area contributed by atoms with Crippen LogP contribution in [0, 0.1) is 0 Å². The normalized spacial score (nSPS) is 18.5. The van der Waals surface area contributed by atoms with Gasteiger partial charge in [-0.1, -0.05) is 50.2 Å². The van der Waals surface area contributed by atoms with Crippen LogP contribution in [0.4, 0.5) is 4.39 Å². The third kappa shape index (κ3) is 5.47. The first kappa shape index (κ1) is 24.3. The average Bonchev–Trinajstić information content (AvgIpc) is 3.52. The van der Waals surface area contributed by atoms with Crippen LogP contribution in [0.3, 0.4) is 0 Å². The molecule has 2 N–H and O–H groups in total. The van der Waals surface area contributed by atoms with Crippen LogP contribution in [0.15, 0.2) is 48.7 Å². The molecule has 10 heteroatoms. The molecule has 35 heavy (non-hydrogen) atoms. The zero-order valence-corrected chi connectivity index (χ0v) is 19.9. The molecule has 2 amide bonds. The van der Waals surface area contributed by atoms with E-state index in [2.05, 4.69) is 25.7 Å². The third-order valence-electron chi connectivity index (χ3n) is 6.11. The van der Waals surface area contributed by atoms with E-state index in [-0.39, 0.29) is 31.2 Å². The Hall–Kier alpha value is -3.82. The summed E-state index contributed by atoms with van der Waals surface area (Å²) in [5, 5.41) is 13.0. The number of rotatable bonds is 8. The molecular formula is C25H29FN6O3. The highest BCUT2D eigenvalue weighted by molar-refractivity contribution is 5.89. The zero-order valence-electron chi connectivity index (χ0n) is 19.9. The Kier molecular flexibility index (Phi) is 7.38. The Labute approximate surface area is 203 Å². The summed E-state index contributed by atoms with van der Waals surface area (Å²) >= 11 is 0. The quantitative estimate of drug-likeness (QED) is 0.513. The van der Waals surface area contributed by atoms with E-state index in [0.29, 0.717) is 17.3 Å². The van der Waals surface area contributed by atoms with Gasteiger partial charge in [0.1, 0.15) is 12.2 Å². The maximum absolute atomic E-state index is 14.4. The van der Waals surface area contributed by atoms with Gasteiger partial charge in [-0.05, 0) is 17.5 Å². The van der Waals surface area contributed by atoms with Crippen LogP contribution < -0.4 is 10.1 Å². The molecule has 0 aliphatic carbocycles. The molecule has 3 atom stereocenters. The molecule has 0 saturated carbocycles. The highest BCUT2D eigenvalue weighted by Crippen LogP contribution is 2.29. The number of nitrogens with one attached hydrogen (secondary N) is 2. The Balaban J connectivity index is 1.60. The number of aromatic nitrogens is 4. The first-order chi connectivity index (χ1) is 16.9. The van der Waals surface area contributed by atoms with Crippen LogP contribution in [0.5, 0.6) is 5.88 Å². The maximum atomic E-state index is 14.4. The van der Waals surface area contributed by atoms with Crippen LogP contribution in [-0.2, 0) is 16.0 Å². The van der Waals surface area contributed by atoms with Crippen molar-refractivity contribution in [1.29, 1.82) is 0 Å². The summed E-state index contributed by atoms with van der Waals surface area (Å²) in [6.45, 7) is 3.96. The molecule has 2 aromatic heterocycles. The van der Waals surface area contributed by atoms with Gasteiger partial charge in [0.15, 0.2) is 0 Å². The van der Waals surface area contributed by atoms with Gasteiger partial charge in [0.2, 0.25) is 17.7 Å². The van der Waals surface area contributed by atoms with Crippen LogP contribution in [-0.4, -0.2) is 63.0 Å². The van der Waals surface area contributed by atoms with Gasteiger partial charge >= 0.3 is 0 Å². The van der Waals surface area contributed by atoms with E-state index in [0.717, 1.165) is 11.1 Å². The topological polar surface area (TPSA) is 113 Å². The third-order valence-corrected chi connectivity index (χ3v) is 6.11. The Morgan fingerprint density at radius 3 is 2.66 bits per heavy atom. The number of aromatic amines is 1. The fourth-order valence-corrected chi connectivity index (χ4v) is 4.32. The molecule has 9 nitrogen and oxygen atoms in total. The second-order valence-electron chi connectivity index (χ2n) is 8.87. The minimum atomic E-state index is -1.29. The molecule has 1 saturated heterocycles. The molecule has 1 aromatic carbocycles. The van der Waals surface area contributed by atoms with E-state index in [1.54, 1.807) is 7.11 Å². The lowest BCUT2D eigenvalue weighted by atomic mass is 9.99. The number of benzene rings is 1. The van der Waals surface area contributed by atoms with Crippen molar-refractivity contribution in [3.63, 3.8) is 0 Å². The molecule has 0 spiro atoms. The highest BCUT2D eigenvalue weighted by atomic mass is 19.1. The number of halogens is 1. The largest absolute Gasteiger partial charge is 0.481 e. The number of H-pyrrole nitrogens is 1. The molecule has 4 rings (SSSR count). The first-order valence-corrected chi connectivity index (χ1v) is 11.6. The van der Waals surface area contributed by atoms with Gasteiger partial charge < -0.3 is 15.0 Å². The zero-order chi connectivity index (χ0) is 24.9. The van der Waals surface area contributed by atoms with E-state index in [4.69, 9.17) is 4.74 Å². The van der Waals surface area contributed by atoms with Crippen molar-refractivity contribution in [2.24, 2.45) is 0 Å². The van der Waals surface area contributed by atoms with Gasteiger partial charge in [0, 0.05) is 12.0 Å². The van der Waals surface area contributed by atoms with E-state index in [1.165, 1.54) is 11.1 Å². The van der Waals surface area contributed by atoms with Crippen LogP contribution in [0.25, 0.3) is 0 Å². The van der Waals surface area contributed by atoms with E-state index >= 15 is 0 Å². The van der Waals surface area contributed by atoms with Crippen molar-refractivity contribution in [2.45, 2.75) is 50.9 Å². The lowest BCUT2D eigenvalue weighted by Gasteiger charge is -2.27. The minimum absolute atomic E-state index is 0.0649. The Morgan fingerprint density at radius 2 is 2.00 bits per heavy atom. The van der Waals surface area contributed by atoms with Gasteiger partial charge in [-0.2, -0.15) is 15.4 Å². The molecule has 1 aliphatic rings. The summed E-state index contributed by atoms with van der Waals surface area (Å²) in [7, 11) is 1.56. The van der Waals surface area contributed by atoms with Crippen molar-refractivity contribution >= 4 is 11.8 Å². The van der Waals surface area contributed by atoms with E-state index in [9.17, 15) is 14.0 Å². The highest BCUT2D eigenvalue weighted by Gasteiger charge is 2.40. The number of methoxy groups -OCH3 is 1. The number of pyridine rings is 1. The number of likely N-dealkylation sites (tertiary alicyclic amines) is 1. The van der Waals surface area contributed by atoms with E-state index in [1.807, 2.05) is 56.3 Å². The number of hydrogen-bond donors (Lipinski definition) is 2. The maximum Gasteiger partial charge on any atom is 0.243 e. The number of hydrogen-bond acceptors (Lipinski definition) is 6. The molecular weight excluding hydrogens is 451 g/mol. The number of alkyl halides is 1. The van der Waals surface area contributed by atoms with Crippen molar-refractivity contribution in [1.82, 2.24) is 30.6 Å². The number of carbonyl (C=O) groups is 2. The molecule has 1 unspecified atom stereocenters. The van der Waals surface area contributed by atoms with E-state index < -0.39 is 24.2 Å². The molecule has 0 bridgehead atoms. The summed E-state index contributed by atoms with van der Waals surface area (Å²) in [5.74, 6) is -0.125. The van der Waals surface area contributed by atoms with Crippen LogP contribution >= 0.6 is 0 Å². The fourth-order valence-electron chi connectivity index (χ4n) is 4.32. The van der Waals surface area contributed by atoms with Crippen molar-refractivity contribution < 1.29 is 18.7 Å². The Morgan fingerprint density at radius 1 is 1.23 bits per heavy atom. The molecule has 3 heterocycles. The molecule has 0 radical (unpaired) electrons. The van der Waals surface area contributed by atoms with Gasteiger partial charge in [-0.25, -0.2) is 9.37 Å². The van der Waals surface area contributed by atoms with Crippen molar-refractivity contribution in [3.8, 4) is 5.88 Å². The predicted molar refractivity (Wildman–Crippen MR) is 126 cm³/mol. The minimum Gasteiger partial charge on any atom is -0.481 e. The van der Waals surface area contributed by atoms with Gasteiger partial charge in [-0.3, -0.25) is 9.59 Å². The van der Waals surface area contributed by atoms with Crippen LogP contribution in [0.2, 0.25) is 0 Å². The lowest BCUT2D eigenvalue weighted by Crippen LogP contribution is -2.47. The van der Waals surface area contributed by atoms with Gasteiger partial charge in [-0.15, -0.1) is 0 Å². The summed E-state index contributed by atoms with van der Waals surface area (Å²) in [6.07, 6.45) is 0.0120. The van der Waals surface area contributed by atoms with Gasteiger partial charge in [0.25, 0.3) is 0 Å². The lowest BCUT2D eigenvalue weighted by molar-refractivity contribution is -0.138. The predicted octanol–water partition coefficient (Wildman–Crippen LogP) is 2.72. The monoisotopic (exact) mass is 480 g/mol. The first-order valence-electron chi connectivity index (χ1n) is 11.6. The number of amides is 2. The molecule has 184 valence electrons. The van der Waals surface area contributed by atoms with Crippen molar-refractivity contribution in [2.75, 3.05) is 13.7 Å². The standard InChI is InChI=1S/C25H29FN6O3/c1-15(2)19-9-10-20(28-25(19)35-3)23(16-7-5-4-6-8-16)29-24(34)21-11-17(26)14-32(21)22(33)12-18-13-27-31-30-18/h4-10,13,15,17,21,23H,11-12,14H2,1-3H3,(H,29,34)(H,27,30,31)/t17-,21+,23?/m1/s1. The molecule has 3 aromatic rings. The van der Waals surface area contributed by atoms with Crippen LogP contribution in [0.1, 0.15) is 54.7 Å². The molecule has 1 aliphatic heterocycles. The summed E-state index contributed by atoms with van der Waals surface area (Å²) in [4.78, 5) is 32.2.